The van der Waals surface area contributed by atoms with Gasteiger partial charge in [-0.2, -0.15) is 0 Å². The number of hydrogen-bond donors (Lipinski definition) is 1. The summed E-state index contributed by atoms with van der Waals surface area (Å²) in [5.74, 6) is 0.726. The van der Waals surface area contributed by atoms with E-state index in [2.05, 4.69) is 24.1 Å². The van der Waals surface area contributed by atoms with Crippen molar-refractivity contribution in [2.24, 2.45) is 5.92 Å². The number of anilines is 1. The Labute approximate surface area is 126 Å². The highest BCUT2D eigenvalue weighted by Gasteiger charge is 2.09. The van der Waals surface area contributed by atoms with Gasteiger partial charge < -0.3 is 5.32 Å². The molecule has 3 heteroatoms. The third-order valence-electron chi connectivity index (χ3n) is 3.84. The standard InChI is InChI=1S/C17H23ClN2/c1-3-5-7-13(4-2)12-20-16-10-9-15(18)14-8-6-11-19-17(14)16/h6,8-11,13,20H,3-5,7,12H2,1-2H3. The minimum absolute atomic E-state index is 0.726. The summed E-state index contributed by atoms with van der Waals surface area (Å²) in [6, 6.07) is 7.92. The van der Waals surface area contributed by atoms with Crippen molar-refractivity contribution in [1.82, 2.24) is 4.98 Å². The minimum Gasteiger partial charge on any atom is -0.383 e. The van der Waals surface area contributed by atoms with Gasteiger partial charge in [-0.1, -0.05) is 44.7 Å². The summed E-state index contributed by atoms with van der Waals surface area (Å²) in [5, 5.41) is 5.33. The molecule has 0 aliphatic rings. The van der Waals surface area contributed by atoms with Crippen molar-refractivity contribution in [3.63, 3.8) is 0 Å². The SMILES string of the molecule is CCCCC(CC)CNc1ccc(Cl)c2cccnc12. The van der Waals surface area contributed by atoms with Gasteiger partial charge in [-0.15, -0.1) is 0 Å². The van der Waals surface area contributed by atoms with Crippen molar-refractivity contribution >= 4 is 28.2 Å². The highest BCUT2D eigenvalue weighted by Crippen LogP contribution is 2.28. The predicted molar refractivity (Wildman–Crippen MR) is 88.5 cm³/mol. The Morgan fingerprint density at radius 1 is 1.25 bits per heavy atom. The molecule has 20 heavy (non-hydrogen) atoms. The summed E-state index contributed by atoms with van der Waals surface area (Å²) >= 11 is 6.22. The first-order valence-corrected chi connectivity index (χ1v) is 7.91. The third-order valence-corrected chi connectivity index (χ3v) is 4.17. The molecular weight excluding hydrogens is 268 g/mol. The summed E-state index contributed by atoms with van der Waals surface area (Å²) < 4.78 is 0. The second-order valence-corrected chi connectivity index (χ2v) is 5.70. The lowest BCUT2D eigenvalue weighted by atomic mass is 9.99. The lowest BCUT2D eigenvalue weighted by Crippen LogP contribution is -2.14. The lowest BCUT2D eigenvalue weighted by molar-refractivity contribution is 0.473. The highest BCUT2D eigenvalue weighted by molar-refractivity contribution is 6.35. The van der Waals surface area contributed by atoms with Crippen LogP contribution in [0.3, 0.4) is 0 Å². The van der Waals surface area contributed by atoms with E-state index < -0.39 is 0 Å². The zero-order valence-electron chi connectivity index (χ0n) is 12.3. The molecule has 1 heterocycles. The maximum Gasteiger partial charge on any atom is 0.0948 e. The summed E-state index contributed by atoms with van der Waals surface area (Å²) in [4.78, 5) is 4.46. The van der Waals surface area contributed by atoms with Crippen LogP contribution in [0.1, 0.15) is 39.5 Å². The topological polar surface area (TPSA) is 24.9 Å². The summed E-state index contributed by atoms with van der Waals surface area (Å²) in [6.45, 7) is 5.51. The Balaban J connectivity index is 2.11. The second kappa shape index (κ2) is 7.49. The van der Waals surface area contributed by atoms with Gasteiger partial charge in [-0.25, -0.2) is 0 Å². The Bertz CT molecular complexity index is 554. The van der Waals surface area contributed by atoms with Gasteiger partial charge in [-0.3, -0.25) is 4.98 Å². The summed E-state index contributed by atoms with van der Waals surface area (Å²) in [6.07, 6.45) is 6.89. The van der Waals surface area contributed by atoms with E-state index in [9.17, 15) is 0 Å². The minimum atomic E-state index is 0.726. The van der Waals surface area contributed by atoms with Gasteiger partial charge in [-0.05, 0) is 36.6 Å². The first-order valence-electron chi connectivity index (χ1n) is 7.53. The Morgan fingerprint density at radius 2 is 2.10 bits per heavy atom. The number of halogens is 1. The van der Waals surface area contributed by atoms with Crippen LogP contribution in [-0.2, 0) is 0 Å². The average Bonchev–Trinajstić information content (AvgIpc) is 2.49. The molecular formula is C17H23ClN2. The summed E-state index contributed by atoms with van der Waals surface area (Å²) in [5.41, 5.74) is 2.05. The third kappa shape index (κ3) is 3.63. The maximum atomic E-state index is 6.22. The Hall–Kier alpha value is -1.28. The molecule has 0 saturated heterocycles. The number of benzene rings is 1. The molecule has 2 nitrogen and oxygen atoms in total. The molecule has 1 unspecified atom stereocenters. The normalized spacial score (nSPS) is 12.6. The molecule has 2 aromatic rings. The Morgan fingerprint density at radius 3 is 2.85 bits per heavy atom. The zero-order valence-corrected chi connectivity index (χ0v) is 13.1. The number of nitrogens with zero attached hydrogens (tertiary/aromatic N) is 1. The van der Waals surface area contributed by atoms with Gasteiger partial charge in [0, 0.05) is 18.1 Å². The molecule has 1 aromatic heterocycles. The number of unbranched alkanes of at least 4 members (excludes halogenated alkanes) is 1. The van der Waals surface area contributed by atoms with Crippen LogP contribution in [0.5, 0.6) is 0 Å². The molecule has 0 aliphatic carbocycles. The molecule has 1 aromatic carbocycles. The predicted octanol–water partition coefficient (Wildman–Crippen LogP) is 5.52. The van der Waals surface area contributed by atoms with Crippen LogP contribution in [0.2, 0.25) is 5.02 Å². The molecule has 0 spiro atoms. The molecule has 0 bridgehead atoms. The first-order chi connectivity index (χ1) is 9.76. The van der Waals surface area contributed by atoms with Crippen LogP contribution >= 0.6 is 11.6 Å². The number of fused-ring (bicyclic) bond motifs is 1. The van der Waals surface area contributed by atoms with Crippen LogP contribution in [0.25, 0.3) is 10.9 Å². The summed E-state index contributed by atoms with van der Waals surface area (Å²) in [7, 11) is 0. The zero-order chi connectivity index (χ0) is 14.4. The van der Waals surface area contributed by atoms with Gasteiger partial charge in [0.05, 0.1) is 16.2 Å². The number of rotatable bonds is 7. The van der Waals surface area contributed by atoms with Crippen LogP contribution in [0.15, 0.2) is 30.5 Å². The van der Waals surface area contributed by atoms with Crippen molar-refractivity contribution in [2.45, 2.75) is 39.5 Å². The van der Waals surface area contributed by atoms with E-state index in [0.717, 1.165) is 34.1 Å². The molecule has 0 aliphatic heterocycles. The van der Waals surface area contributed by atoms with E-state index in [1.807, 2.05) is 30.5 Å². The van der Waals surface area contributed by atoms with Crippen molar-refractivity contribution in [3.8, 4) is 0 Å². The number of pyridine rings is 1. The highest BCUT2D eigenvalue weighted by atomic mass is 35.5. The van der Waals surface area contributed by atoms with Gasteiger partial charge in [0.2, 0.25) is 0 Å². The van der Waals surface area contributed by atoms with Crippen LogP contribution in [-0.4, -0.2) is 11.5 Å². The largest absolute Gasteiger partial charge is 0.383 e. The number of hydrogen-bond acceptors (Lipinski definition) is 2. The van der Waals surface area contributed by atoms with Crippen LogP contribution < -0.4 is 5.32 Å². The maximum absolute atomic E-state index is 6.22. The van der Waals surface area contributed by atoms with Gasteiger partial charge in [0.15, 0.2) is 0 Å². The molecule has 0 radical (unpaired) electrons. The van der Waals surface area contributed by atoms with E-state index in [1.165, 1.54) is 25.7 Å². The van der Waals surface area contributed by atoms with Gasteiger partial charge in [0.25, 0.3) is 0 Å². The van der Waals surface area contributed by atoms with Gasteiger partial charge in [0.1, 0.15) is 0 Å². The van der Waals surface area contributed by atoms with E-state index in [-0.39, 0.29) is 0 Å². The second-order valence-electron chi connectivity index (χ2n) is 5.29. The van der Waals surface area contributed by atoms with E-state index in [0.29, 0.717) is 0 Å². The van der Waals surface area contributed by atoms with E-state index in [1.54, 1.807) is 0 Å². The van der Waals surface area contributed by atoms with Gasteiger partial charge >= 0.3 is 0 Å². The molecule has 108 valence electrons. The fraction of sp³-hybridized carbons (Fsp3) is 0.471. The average molecular weight is 291 g/mol. The van der Waals surface area contributed by atoms with Crippen molar-refractivity contribution in [2.75, 3.05) is 11.9 Å². The number of aromatic nitrogens is 1. The molecule has 1 atom stereocenters. The molecule has 2 rings (SSSR count). The first kappa shape index (κ1) is 15.1. The van der Waals surface area contributed by atoms with E-state index in [4.69, 9.17) is 11.6 Å². The fourth-order valence-corrected chi connectivity index (χ4v) is 2.69. The van der Waals surface area contributed by atoms with Crippen molar-refractivity contribution < 1.29 is 0 Å². The van der Waals surface area contributed by atoms with E-state index >= 15 is 0 Å². The smallest absolute Gasteiger partial charge is 0.0948 e. The fourth-order valence-electron chi connectivity index (χ4n) is 2.48. The Kier molecular flexibility index (Phi) is 5.66. The quantitative estimate of drug-likeness (QED) is 0.726. The molecule has 1 N–H and O–H groups in total. The van der Waals surface area contributed by atoms with Crippen molar-refractivity contribution in [3.05, 3.63) is 35.5 Å². The lowest BCUT2D eigenvalue weighted by Gasteiger charge is -2.17. The van der Waals surface area contributed by atoms with Crippen LogP contribution in [0, 0.1) is 5.92 Å². The van der Waals surface area contributed by atoms with Crippen molar-refractivity contribution in [1.29, 1.82) is 0 Å². The molecule has 0 saturated carbocycles. The molecule has 0 fully saturated rings. The van der Waals surface area contributed by atoms with Crippen LogP contribution in [0.4, 0.5) is 5.69 Å². The monoisotopic (exact) mass is 290 g/mol. The molecule has 0 amide bonds. The number of nitrogens with one attached hydrogen (secondary N) is 1.